The molecule has 2 aromatic rings. The van der Waals surface area contributed by atoms with E-state index < -0.39 is 0 Å². The van der Waals surface area contributed by atoms with Gasteiger partial charge in [0.15, 0.2) is 18.1 Å². The molecule has 1 aliphatic carbocycles. The topological polar surface area (TPSA) is 68.8 Å². The van der Waals surface area contributed by atoms with Gasteiger partial charge in [-0.1, -0.05) is 13.0 Å². The Kier molecular flexibility index (Phi) is 6.76. The summed E-state index contributed by atoms with van der Waals surface area (Å²) in [6.07, 6.45) is 1.24. The first-order chi connectivity index (χ1) is 13.6. The third-order valence-electron chi connectivity index (χ3n) is 4.71. The van der Waals surface area contributed by atoms with Crippen LogP contribution in [0.1, 0.15) is 25.8 Å². The highest BCUT2D eigenvalue weighted by atomic mass is 16.5. The summed E-state index contributed by atoms with van der Waals surface area (Å²) in [4.78, 5) is 12.2. The average molecular weight is 384 g/mol. The Morgan fingerprint density at radius 2 is 1.86 bits per heavy atom. The highest BCUT2D eigenvalue weighted by Gasteiger charge is 2.31. The van der Waals surface area contributed by atoms with Gasteiger partial charge in [-0.15, -0.1) is 0 Å². The summed E-state index contributed by atoms with van der Waals surface area (Å²) >= 11 is 0. The lowest BCUT2D eigenvalue weighted by Crippen LogP contribution is -2.20. The largest absolute Gasteiger partial charge is 0.494 e. The third-order valence-corrected chi connectivity index (χ3v) is 4.71. The van der Waals surface area contributed by atoms with E-state index in [9.17, 15) is 4.79 Å². The number of anilines is 1. The standard InChI is InChI=1S/C22H28N2O4/c1-4-27-18-8-6-17(7-9-18)24-22(25)14-28-20-10-5-16(12-21(20)26-3)13-23-19-11-15(19)2/h5-10,12,15,19,23H,4,11,13-14H2,1-3H3,(H,24,25). The molecule has 6 nitrogen and oxygen atoms in total. The normalized spacial score (nSPS) is 17.7. The molecule has 2 atom stereocenters. The lowest BCUT2D eigenvalue weighted by atomic mass is 10.2. The molecular formula is C22H28N2O4. The van der Waals surface area contributed by atoms with E-state index in [0.717, 1.165) is 23.8 Å². The van der Waals surface area contributed by atoms with Crippen molar-refractivity contribution in [3.05, 3.63) is 48.0 Å². The highest BCUT2D eigenvalue weighted by molar-refractivity contribution is 5.91. The Labute approximate surface area is 166 Å². The van der Waals surface area contributed by atoms with E-state index in [-0.39, 0.29) is 12.5 Å². The van der Waals surface area contributed by atoms with Crippen LogP contribution in [0.3, 0.4) is 0 Å². The Morgan fingerprint density at radius 1 is 1.11 bits per heavy atom. The molecule has 2 unspecified atom stereocenters. The number of ether oxygens (including phenoxy) is 3. The minimum absolute atomic E-state index is 0.0965. The SMILES string of the molecule is CCOc1ccc(NC(=O)COc2ccc(CNC3CC3C)cc2OC)cc1. The molecule has 0 radical (unpaired) electrons. The maximum absolute atomic E-state index is 12.2. The van der Waals surface area contributed by atoms with Crippen LogP contribution >= 0.6 is 0 Å². The van der Waals surface area contributed by atoms with E-state index in [1.54, 1.807) is 19.2 Å². The molecule has 0 aromatic heterocycles. The van der Waals surface area contributed by atoms with Crippen molar-refractivity contribution in [1.29, 1.82) is 0 Å². The molecule has 1 fully saturated rings. The van der Waals surface area contributed by atoms with E-state index >= 15 is 0 Å². The van der Waals surface area contributed by atoms with Crippen molar-refractivity contribution >= 4 is 11.6 Å². The third kappa shape index (κ3) is 5.63. The van der Waals surface area contributed by atoms with E-state index in [4.69, 9.17) is 14.2 Å². The lowest BCUT2D eigenvalue weighted by Gasteiger charge is -2.13. The van der Waals surface area contributed by atoms with Crippen molar-refractivity contribution in [2.75, 3.05) is 25.6 Å². The molecular weight excluding hydrogens is 356 g/mol. The van der Waals surface area contributed by atoms with Crippen LogP contribution in [-0.2, 0) is 11.3 Å². The molecule has 1 amide bonds. The Bertz CT molecular complexity index is 792. The van der Waals surface area contributed by atoms with Gasteiger partial charge in [0.05, 0.1) is 13.7 Å². The second kappa shape index (κ2) is 9.46. The van der Waals surface area contributed by atoms with E-state index in [1.165, 1.54) is 6.42 Å². The van der Waals surface area contributed by atoms with Crippen molar-refractivity contribution in [3.8, 4) is 17.2 Å². The zero-order valence-electron chi connectivity index (χ0n) is 16.7. The summed E-state index contributed by atoms with van der Waals surface area (Å²) in [7, 11) is 1.60. The molecule has 150 valence electrons. The van der Waals surface area contributed by atoms with Gasteiger partial charge in [-0.3, -0.25) is 4.79 Å². The second-order valence-corrected chi connectivity index (χ2v) is 6.98. The first-order valence-corrected chi connectivity index (χ1v) is 9.65. The molecule has 0 spiro atoms. The first kappa shape index (κ1) is 20.0. The minimum atomic E-state index is -0.236. The molecule has 0 heterocycles. The number of amides is 1. The van der Waals surface area contributed by atoms with E-state index in [2.05, 4.69) is 17.6 Å². The van der Waals surface area contributed by atoms with Crippen LogP contribution in [0.4, 0.5) is 5.69 Å². The van der Waals surface area contributed by atoms with E-state index in [1.807, 2.05) is 37.3 Å². The van der Waals surface area contributed by atoms with Gasteiger partial charge < -0.3 is 24.8 Å². The van der Waals surface area contributed by atoms with Gasteiger partial charge in [-0.2, -0.15) is 0 Å². The monoisotopic (exact) mass is 384 g/mol. The quantitative estimate of drug-likeness (QED) is 0.655. The molecule has 0 saturated heterocycles. The number of hydrogen-bond donors (Lipinski definition) is 2. The maximum Gasteiger partial charge on any atom is 0.262 e. The van der Waals surface area contributed by atoms with Crippen molar-refractivity contribution in [2.45, 2.75) is 32.9 Å². The summed E-state index contributed by atoms with van der Waals surface area (Å²) in [5.41, 5.74) is 1.82. The minimum Gasteiger partial charge on any atom is -0.494 e. The lowest BCUT2D eigenvalue weighted by molar-refractivity contribution is -0.118. The molecule has 1 saturated carbocycles. The zero-order chi connectivity index (χ0) is 19.9. The van der Waals surface area contributed by atoms with Gasteiger partial charge in [0.1, 0.15) is 5.75 Å². The number of nitrogens with one attached hydrogen (secondary N) is 2. The molecule has 2 N–H and O–H groups in total. The van der Waals surface area contributed by atoms with Gasteiger partial charge in [-0.05, 0) is 61.2 Å². The van der Waals surface area contributed by atoms with Crippen molar-refractivity contribution in [2.24, 2.45) is 5.92 Å². The van der Waals surface area contributed by atoms with Crippen LogP contribution in [-0.4, -0.2) is 32.3 Å². The fourth-order valence-electron chi connectivity index (χ4n) is 2.94. The van der Waals surface area contributed by atoms with Crippen molar-refractivity contribution in [3.63, 3.8) is 0 Å². The van der Waals surface area contributed by atoms with Crippen LogP contribution in [0.5, 0.6) is 17.2 Å². The number of methoxy groups -OCH3 is 1. The molecule has 6 heteroatoms. The Balaban J connectivity index is 1.50. The van der Waals surface area contributed by atoms with Crippen LogP contribution < -0.4 is 24.8 Å². The van der Waals surface area contributed by atoms with Gasteiger partial charge in [-0.25, -0.2) is 0 Å². The first-order valence-electron chi connectivity index (χ1n) is 9.65. The zero-order valence-corrected chi connectivity index (χ0v) is 16.7. The Hall–Kier alpha value is -2.73. The summed E-state index contributed by atoms with van der Waals surface area (Å²) < 4.78 is 16.5. The van der Waals surface area contributed by atoms with Gasteiger partial charge in [0, 0.05) is 18.3 Å². The van der Waals surface area contributed by atoms with E-state index in [0.29, 0.717) is 29.8 Å². The fourth-order valence-corrected chi connectivity index (χ4v) is 2.94. The number of hydrogen-bond acceptors (Lipinski definition) is 5. The fraction of sp³-hybridized carbons (Fsp3) is 0.409. The van der Waals surface area contributed by atoms with Crippen LogP contribution in [0.2, 0.25) is 0 Å². The van der Waals surface area contributed by atoms with Crippen LogP contribution in [0.15, 0.2) is 42.5 Å². The molecule has 1 aliphatic rings. The van der Waals surface area contributed by atoms with Crippen molar-refractivity contribution < 1.29 is 19.0 Å². The maximum atomic E-state index is 12.2. The van der Waals surface area contributed by atoms with Crippen LogP contribution in [0.25, 0.3) is 0 Å². The second-order valence-electron chi connectivity index (χ2n) is 6.98. The van der Waals surface area contributed by atoms with Gasteiger partial charge in [0.25, 0.3) is 5.91 Å². The molecule has 28 heavy (non-hydrogen) atoms. The number of benzene rings is 2. The predicted octanol–water partition coefficient (Wildman–Crippen LogP) is 3.61. The summed E-state index contributed by atoms with van der Waals surface area (Å²) in [5, 5.41) is 6.32. The number of carbonyl (C=O) groups excluding carboxylic acids is 1. The number of rotatable bonds is 10. The Morgan fingerprint density at radius 3 is 2.50 bits per heavy atom. The molecule has 0 bridgehead atoms. The van der Waals surface area contributed by atoms with Crippen molar-refractivity contribution in [1.82, 2.24) is 5.32 Å². The van der Waals surface area contributed by atoms with Crippen LogP contribution in [0, 0.1) is 5.92 Å². The number of carbonyl (C=O) groups is 1. The summed E-state index contributed by atoms with van der Waals surface area (Å²) in [5.74, 6) is 2.47. The van der Waals surface area contributed by atoms with Gasteiger partial charge >= 0.3 is 0 Å². The van der Waals surface area contributed by atoms with Gasteiger partial charge in [0.2, 0.25) is 0 Å². The predicted molar refractivity (Wildman–Crippen MR) is 109 cm³/mol. The highest BCUT2D eigenvalue weighted by Crippen LogP contribution is 2.31. The summed E-state index contributed by atoms with van der Waals surface area (Å²) in [6, 6.07) is 13.6. The molecule has 2 aromatic carbocycles. The smallest absolute Gasteiger partial charge is 0.262 e. The average Bonchev–Trinajstić information content (AvgIpc) is 3.42. The molecule has 0 aliphatic heterocycles. The molecule has 3 rings (SSSR count). The summed E-state index contributed by atoms with van der Waals surface area (Å²) in [6.45, 7) is 5.48.